The highest BCUT2D eigenvalue weighted by molar-refractivity contribution is 4.84. The smallest absolute Gasteiger partial charge is 0.234 e. The van der Waals surface area contributed by atoms with Crippen molar-refractivity contribution in [2.75, 3.05) is 0 Å². The summed E-state index contributed by atoms with van der Waals surface area (Å²) < 4.78 is 5.34. The second kappa shape index (κ2) is 49.2. The highest BCUT2D eigenvalue weighted by Gasteiger charge is 2.16. The summed E-state index contributed by atoms with van der Waals surface area (Å²) in [6.07, 6.45) is 77.3. The van der Waals surface area contributed by atoms with Crippen LogP contribution in [0.3, 0.4) is 0 Å². The van der Waals surface area contributed by atoms with E-state index in [1.54, 1.807) is 5.82 Å². The first-order chi connectivity index (χ1) is 29.8. The molecule has 0 aliphatic rings. The van der Waals surface area contributed by atoms with E-state index >= 15 is 0 Å². The number of aromatic nitrogens is 2. The van der Waals surface area contributed by atoms with Crippen LogP contribution in [0.15, 0.2) is 12.4 Å². The molecule has 0 radical (unpaired) electrons. The van der Waals surface area contributed by atoms with Crippen molar-refractivity contribution in [3.05, 3.63) is 18.2 Å². The Morgan fingerprint density at radius 1 is 0.283 bits per heavy atom. The molecule has 0 bridgehead atoms. The van der Waals surface area contributed by atoms with Crippen LogP contribution in [0.1, 0.15) is 341 Å². The number of hydrogen-bond donors (Lipinski definition) is 0. The Bertz CT molecular complexity index is 918. The monoisotopic (exact) mass is 840 g/mol. The second-order valence-corrected chi connectivity index (χ2v) is 20.1. The Balaban J connectivity index is 2.24. The largest absolute Gasteiger partial charge is 0.256 e. The van der Waals surface area contributed by atoms with Gasteiger partial charge in [-0.3, -0.25) is 0 Å². The molecule has 1 heterocycles. The molecular formula is C58H115N2+. The van der Waals surface area contributed by atoms with Crippen LogP contribution < -0.4 is 4.57 Å². The molecule has 0 unspecified atom stereocenters. The maximum absolute atomic E-state index is 2.67. The summed E-state index contributed by atoms with van der Waals surface area (Å²) >= 11 is 0. The Hall–Kier alpha value is -0.790. The fourth-order valence-corrected chi connectivity index (χ4v) is 9.86. The third-order valence-electron chi connectivity index (χ3n) is 14.1. The lowest BCUT2D eigenvalue weighted by molar-refractivity contribution is -0.704. The molecule has 2 heteroatoms. The van der Waals surface area contributed by atoms with Gasteiger partial charge >= 0.3 is 0 Å². The third-order valence-corrected chi connectivity index (χ3v) is 14.1. The van der Waals surface area contributed by atoms with Gasteiger partial charge in [0.2, 0.25) is 0 Å². The van der Waals surface area contributed by atoms with Crippen LogP contribution in [0.4, 0.5) is 0 Å². The van der Waals surface area contributed by atoms with Crippen molar-refractivity contribution in [3.8, 4) is 0 Å². The molecule has 2 nitrogen and oxygen atoms in total. The number of rotatable bonds is 52. The van der Waals surface area contributed by atoms with Gasteiger partial charge in [0.15, 0.2) is 0 Å². The summed E-state index contributed by atoms with van der Waals surface area (Å²) in [6.45, 7) is 9.42. The molecule has 356 valence electrons. The van der Waals surface area contributed by atoms with Crippen LogP contribution in [0, 0.1) is 0 Å². The number of unbranched alkanes of at least 4 members (excludes halogenated alkanes) is 46. The molecular weight excluding hydrogens is 725 g/mol. The molecule has 1 aromatic rings. The minimum atomic E-state index is 1.23. The van der Waals surface area contributed by atoms with E-state index in [4.69, 9.17) is 0 Å². The van der Waals surface area contributed by atoms with Gasteiger partial charge in [0, 0.05) is 6.42 Å². The van der Waals surface area contributed by atoms with Crippen molar-refractivity contribution < 1.29 is 4.57 Å². The fourth-order valence-electron chi connectivity index (χ4n) is 9.86. The predicted octanol–water partition coefficient (Wildman–Crippen LogP) is 20.5. The summed E-state index contributed by atoms with van der Waals surface area (Å²) in [4.78, 5) is 0. The van der Waals surface area contributed by atoms with E-state index in [0.717, 1.165) is 0 Å². The zero-order valence-electron chi connectivity index (χ0n) is 42.3. The Labute approximate surface area is 380 Å². The summed E-state index contributed by atoms with van der Waals surface area (Å²) in [5.41, 5.74) is 0. The number of hydrogen-bond acceptors (Lipinski definition) is 0. The minimum absolute atomic E-state index is 1.23. The molecule has 60 heavy (non-hydrogen) atoms. The average Bonchev–Trinajstić information content (AvgIpc) is 3.64. The van der Waals surface area contributed by atoms with Crippen molar-refractivity contribution in [2.45, 2.75) is 355 Å². The molecule has 1 rings (SSSR count). The molecule has 0 amide bonds. The van der Waals surface area contributed by atoms with Crippen molar-refractivity contribution in [1.82, 2.24) is 4.57 Å². The van der Waals surface area contributed by atoms with Crippen LogP contribution in [0.5, 0.6) is 0 Å². The topological polar surface area (TPSA) is 8.81 Å². The maximum atomic E-state index is 2.67. The molecule has 0 saturated carbocycles. The molecule has 0 aliphatic heterocycles. The highest BCUT2D eigenvalue weighted by Crippen LogP contribution is 2.18. The van der Waals surface area contributed by atoms with Crippen molar-refractivity contribution >= 4 is 0 Å². The van der Waals surface area contributed by atoms with E-state index in [1.165, 1.54) is 334 Å². The lowest BCUT2D eigenvalue weighted by atomic mass is 10.0. The van der Waals surface area contributed by atoms with Gasteiger partial charge in [-0.1, -0.05) is 303 Å². The molecule has 0 saturated heterocycles. The first-order valence-corrected chi connectivity index (χ1v) is 28.9. The minimum Gasteiger partial charge on any atom is -0.234 e. The van der Waals surface area contributed by atoms with Crippen LogP contribution in [0.2, 0.25) is 0 Å². The average molecular weight is 841 g/mol. The standard InChI is InChI=1S/C58H115N2/c1-4-7-10-13-16-19-22-25-28-30-32-35-38-41-44-47-50-53-58-59(54-51-48-45-42-39-36-33-27-24-21-18-15-12-9-6-3)56-57-60(58)55-52-49-46-43-40-37-34-31-29-26-23-20-17-14-11-8-5-2/h56-57H,4-55H2,1-3H3/q+1. The summed E-state index contributed by atoms with van der Waals surface area (Å²) in [6, 6.07) is 0. The van der Waals surface area contributed by atoms with Crippen LogP contribution >= 0.6 is 0 Å². The number of aryl methyl sites for hydroxylation is 2. The van der Waals surface area contributed by atoms with E-state index in [-0.39, 0.29) is 0 Å². The van der Waals surface area contributed by atoms with Gasteiger partial charge in [0.1, 0.15) is 12.4 Å². The quantitative estimate of drug-likeness (QED) is 0.0456. The van der Waals surface area contributed by atoms with Gasteiger partial charge in [-0.15, -0.1) is 0 Å². The van der Waals surface area contributed by atoms with Gasteiger partial charge < -0.3 is 0 Å². The summed E-state index contributed by atoms with van der Waals surface area (Å²) in [5, 5.41) is 0. The molecule has 0 aliphatic carbocycles. The maximum Gasteiger partial charge on any atom is 0.256 e. The Morgan fingerprint density at radius 2 is 0.517 bits per heavy atom. The highest BCUT2D eigenvalue weighted by atomic mass is 15.1. The first-order valence-electron chi connectivity index (χ1n) is 28.9. The van der Waals surface area contributed by atoms with Gasteiger partial charge in [0.25, 0.3) is 5.82 Å². The fraction of sp³-hybridized carbons (Fsp3) is 0.948. The SMILES string of the molecule is CCCCCCCCCCCCCCCCCCCc1n(CCCCCCCCCCCCCCCCCCC)cc[n+]1CCCCCCCCCCCCCCCCC. The van der Waals surface area contributed by atoms with Crippen molar-refractivity contribution in [1.29, 1.82) is 0 Å². The lowest BCUT2D eigenvalue weighted by Crippen LogP contribution is -2.37. The van der Waals surface area contributed by atoms with E-state index in [0.29, 0.717) is 0 Å². The zero-order valence-corrected chi connectivity index (χ0v) is 42.3. The van der Waals surface area contributed by atoms with Crippen molar-refractivity contribution in [3.63, 3.8) is 0 Å². The van der Waals surface area contributed by atoms with Gasteiger partial charge in [-0.05, 0) is 32.1 Å². The molecule has 0 N–H and O–H groups in total. The Morgan fingerprint density at radius 3 is 0.800 bits per heavy atom. The van der Waals surface area contributed by atoms with E-state index in [2.05, 4.69) is 42.3 Å². The lowest BCUT2D eigenvalue weighted by Gasteiger charge is -2.07. The van der Waals surface area contributed by atoms with E-state index in [9.17, 15) is 0 Å². The van der Waals surface area contributed by atoms with Crippen LogP contribution in [-0.4, -0.2) is 4.57 Å². The summed E-state index contributed by atoms with van der Waals surface area (Å²) in [7, 11) is 0. The zero-order chi connectivity index (χ0) is 42.9. The van der Waals surface area contributed by atoms with E-state index < -0.39 is 0 Å². The Kier molecular flexibility index (Phi) is 47.0. The normalized spacial score (nSPS) is 11.7. The van der Waals surface area contributed by atoms with Gasteiger partial charge in [0.05, 0.1) is 13.1 Å². The molecule has 0 spiro atoms. The van der Waals surface area contributed by atoms with E-state index in [1.807, 2.05) is 0 Å². The van der Waals surface area contributed by atoms with Gasteiger partial charge in [-0.2, -0.15) is 0 Å². The number of imidazole rings is 1. The molecule has 0 atom stereocenters. The molecule has 0 fully saturated rings. The predicted molar refractivity (Wildman–Crippen MR) is 272 cm³/mol. The third kappa shape index (κ3) is 40.0. The molecule has 1 aromatic heterocycles. The number of nitrogens with zero attached hydrogens (tertiary/aromatic N) is 2. The first kappa shape index (κ1) is 57.2. The van der Waals surface area contributed by atoms with Crippen LogP contribution in [0.25, 0.3) is 0 Å². The van der Waals surface area contributed by atoms with Crippen molar-refractivity contribution in [2.24, 2.45) is 0 Å². The second-order valence-electron chi connectivity index (χ2n) is 20.1. The van der Waals surface area contributed by atoms with Crippen LogP contribution in [-0.2, 0) is 19.5 Å². The molecule has 0 aromatic carbocycles. The van der Waals surface area contributed by atoms with Gasteiger partial charge in [-0.25, -0.2) is 9.13 Å². The summed E-state index contributed by atoms with van der Waals surface area (Å²) in [5.74, 6) is 1.64.